The summed E-state index contributed by atoms with van der Waals surface area (Å²) in [5, 5.41) is 0.795. The van der Waals surface area contributed by atoms with E-state index in [9.17, 15) is 0 Å². The van der Waals surface area contributed by atoms with Gasteiger partial charge in [-0.2, -0.15) is 0 Å². The SMILES string of the molecule is NCC1(CN2CCN(c3ccc(Cl)cc3)CC2)CCOC1. The Morgan fingerprint density at radius 2 is 1.86 bits per heavy atom. The Kier molecular flexibility index (Phi) is 4.69. The predicted molar refractivity (Wildman–Crippen MR) is 87.0 cm³/mol. The number of hydrogen-bond acceptors (Lipinski definition) is 4. The van der Waals surface area contributed by atoms with Crippen LogP contribution in [0.2, 0.25) is 5.02 Å². The Bertz CT molecular complexity index is 451. The molecule has 21 heavy (non-hydrogen) atoms. The highest BCUT2D eigenvalue weighted by Gasteiger charge is 2.36. The third-order valence-corrected chi connectivity index (χ3v) is 4.99. The van der Waals surface area contributed by atoms with Crippen molar-refractivity contribution < 1.29 is 4.74 Å². The van der Waals surface area contributed by atoms with E-state index in [0.717, 1.165) is 63.9 Å². The van der Waals surface area contributed by atoms with Gasteiger partial charge in [-0.1, -0.05) is 11.6 Å². The Morgan fingerprint density at radius 1 is 1.14 bits per heavy atom. The molecule has 2 N–H and O–H groups in total. The first kappa shape index (κ1) is 15.1. The van der Waals surface area contributed by atoms with E-state index in [4.69, 9.17) is 22.1 Å². The second kappa shape index (κ2) is 6.53. The van der Waals surface area contributed by atoms with Crippen LogP contribution in [0.5, 0.6) is 0 Å². The van der Waals surface area contributed by atoms with Crippen LogP contribution in [-0.2, 0) is 4.74 Å². The van der Waals surface area contributed by atoms with Gasteiger partial charge in [-0.25, -0.2) is 0 Å². The van der Waals surface area contributed by atoms with Crippen molar-refractivity contribution in [2.24, 2.45) is 11.1 Å². The fraction of sp³-hybridized carbons (Fsp3) is 0.625. The van der Waals surface area contributed by atoms with Gasteiger partial charge in [0, 0.05) is 62.0 Å². The van der Waals surface area contributed by atoms with Gasteiger partial charge in [0.05, 0.1) is 6.61 Å². The number of halogens is 1. The van der Waals surface area contributed by atoms with Crippen LogP contribution in [0, 0.1) is 5.41 Å². The van der Waals surface area contributed by atoms with Crippen LogP contribution in [0.3, 0.4) is 0 Å². The highest BCUT2D eigenvalue weighted by atomic mass is 35.5. The van der Waals surface area contributed by atoms with Crippen LogP contribution < -0.4 is 10.6 Å². The van der Waals surface area contributed by atoms with Crippen LogP contribution in [0.15, 0.2) is 24.3 Å². The minimum atomic E-state index is 0.183. The van der Waals surface area contributed by atoms with Crippen LogP contribution in [0.4, 0.5) is 5.69 Å². The average Bonchev–Trinajstić information content (AvgIpc) is 2.98. The quantitative estimate of drug-likeness (QED) is 0.921. The van der Waals surface area contributed by atoms with E-state index in [1.54, 1.807) is 0 Å². The van der Waals surface area contributed by atoms with E-state index in [1.807, 2.05) is 12.1 Å². The minimum Gasteiger partial charge on any atom is -0.381 e. The molecule has 2 fully saturated rings. The molecule has 0 amide bonds. The van der Waals surface area contributed by atoms with Gasteiger partial charge in [0.25, 0.3) is 0 Å². The molecule has 1 aromatic rings. The molecule has 116 valence electrons. The van der Waals surface area contributed by atoms with Gasteiger partial charge in [0.15, 0.2) is 0 Å². The normalized spacial score (nSPS) is 27.2. The third-order valence-electron chi connectivity index (χ3n) is 4.74. The predicted octanol–water partition coefficient (Wildman–Crippen LogP) is 1.83. The van der Waals surface area contributed by atoms with E-state index in [1.165, 1.54) is 5.69 Å². The summed E-state index contributed by atoms with van der Waals surface area (Å²) in [6, 6.07) is 8.12. The smallest absolute Gasteiger partial charge is 0.0547 e. The maximum absolute atomic E-state index is 5.99. The van der Waals surface area contributed by atoms with Crippen molar-refractivity contribution in [3.05, 3.63) is 29.3 Å². The third kappa shape index (κ3) is 3.51. The molecule has 0 saturated carbocycles. The first-order valence-corrected chi connectivity index (χ1v) is 8.09. The molecule has 1 unspecified atom stereocenters. The maximum atomic E-state index is 5.99. The number of ether oxygens (including phenoxy) is 1. The average molecular weight is 310 g/mol. The highest BCUT2D eigenvalue weighted by Crippen LogP contribution is 2.29. The van der Waals surface area contributed by atoms with E-state index in [0.29, 0.717) is 0 Å². The summed E-state index contributed by atoms with van der Waals surface area (Å²) < 4.78 is 5.56. The Labute approximate surface area is 131 Å². The molecular weight excluding hydrogens is 286 g/mol. The number of rotatable bonds is 4. The lowest BCUT2D eigenvalue weighted by Gasteiger charge is -2.40. The number of nitrogens with two attached hydrogens (primary N) is 1. The summed E-state index contributed by atoms with van der Waals surface area (Å²) in [7, 11) is 0. The maximum Gasteiger partial charge on any atom is 0.0547 e. The summed E-state index contributed by atoms with van der Waals surface area (Å²) in [6.07, 6.45) is 1.10. The van der Waals surface area contributed by atoms with Crippen molar-refractivity contribution in [3.63, 3.8) is 0 Å². The molecule has 2 saturated heterocycles. The molecular formula is C16H24ClN3O. The zero-order valence-corrected chi connectivity index (χ0v) is 13.2. The van der Waals surface area contributed by atoms with Gasteiger partial charge in [0.1, 0.15) is 0 Å². The molecule has 2 aliphatic rings. The van der Waals surface area contributed by atoms with Crippen molar-refractivity contribution in [2.45, 2.75) is 6.42 Å². The Hall–Kier alpha value is -0.810. The molecule has 2 aliphatic heterocycles. The van der Waals surface area contributed by atoms with Crippen molar-refractivity contribution in [2.75, 3.05) is 57.4 Å². The summed E-state index contributed by atoms with van der Waals surface area (Å²) in [4.78, 5) is 4.96. The molecule has 5 heteroatoms. The van der Waals surface area contributed by atoms with Gasteiger partial charge in [0.2, 0.25) is 0 Å². The van der Waals surface area contributed by atoms with Gasteiger partial charge in [-0.15, -0.1) is 0 Å². The second-order valence-electron chi connectivity index (χ2n) is 6.25. The largest absolute Gasteiger partial charge is 0.381 e. The molecule has 0 aromatic heterocycles. The first-order chi connectivity index (χ1) is 10.2. The van der Waals surface area contributed by atoms with Crippen LogP contribution in [-0.4, -0.2) is 57.4 Å². The first-order valence-electron chi connectivity index (χ1n) is 7.71. The van der Waals surface area contributed by atoms with Gasteiger partial charge >= 0.3 is 0 Å². The molecule has 2 heterocycles. The summed E-state index contributed by atoms with van der Waals surface area (Å²) in [6.45, 7) is 7.77. The lowest BCUT2D eigenvalue weighted by molar-refractivity contribution is 0.111. The monoisotopic (exact) mass is 309 g/mol. The molecule has 0 spiro atoms. The summed E-state index contributed by atoms with van der Waals surface area (Å²) in [5.41, 5.74) is 7.43. The number of benzene rings is 1. The van der Waals surface area contributed by atoms with Gasteiger partial charge in [-0.05, 0) is 30.7 Å². The topological polar surface area (TPSA) is 41.7 Å². The number of nitrogens with zero attached hydrogens (tertiary/aromatic N) is 2. The molecule has 3 rings (SSSR count). The Morgan fingerprint density at radius 3 is 2.43 bits per heavy atom. The van der Waals surface area contributed by atoms with Crippen LogP contribution in [0.25, 0.3) is 0 Å². The molecule has 4 nitrogen and oxygen atoms in total. The molecule has 0 aliphatic carbocycles. The van der Waals surface area contributed by atoms with Crippen molar-refractivity contribution >= 4 is 17.3 Å². The van der Waals surface area contributed by atoms with Gasteiger partial charge in [-0.3, -0.25) is 4.90 Å². The molecule has 0 bridgehead atoms. The van der Waals surface area contributed by atoms with Gasteiger partial charge < -0.3 is 15.4 Å². The van der Waals surface area contributed by atoms with E-state index >= 15 is 0 Å². The van der Waals surface area contributed by atoms with Crippen molar-refractivity contribution in [3.8, 4) is 0 Å². The summed E-state index contributed by atoms with van der Waals surface area (Å²) in [5.74, 6) is 0. The molecule has 1 atom stereocenters. The van der Waals surface area contributed by atoms with Crippen molar-refractivity contribution in [1.29, 1.82) is 0 Å². The fourth-order valence-corrected chi connectivity index (χ4v) is 3.42. The van der Waals surface area contributed by atoms with E-state index in [-0.39, 0.29) is 5.41 Å². The fourth-order valence-electron chi connectivity index (χ4n) is 3.29. The summed E-state index contributed by atoms with van der Waals surface area (Å²) >= 11 is 5.95. The lowest BCUT2D eigenvalue weighted by atomic mass is 9.86. The van der Waals surface area contributed by atoms with E-state index < -0.39 is 0 Å². The highest BCUT2D eigenvalue weighted by molar-refractivity contribution is 6.30. The minimum absolute atomic E-state index is 0.183. The van der Waals surface area contributed by atoms with Crippen molar-refractivity contribution in [1.82, 2.24) is 4.90 Å². The molecule has 0 radical (unpaired) electrons. The number of piperazine rings is 1. The van der Waals surface area contributed by atoms with Crippen LogP contribution in [0.1, 0.15) is 6.42 Å². The van der Waals surface area contributed by atoms with Crippen LogP contribution >= 0.6 is 11.6 Å². The zero-order chi connectivity index (χ0) is 14.7. The van der Waals surface area contributed by atoms with E-state index in [2.05, 4.69) is 21.9 Å². The second-order valence-corrected chi connectivity index (χ2v) is 6.68. The number of anilines is 1. The zero-order valence-electron chi connectivity index (χ0n) is 12.4. The number of hydrogen-bond donors (Lipinski definition) is 1. The lowest BCUT2D eigenvalue weighted by Crippen LogP contribution is -2.51. The Balaban J connectivity index is 1.54. The standard InChI is InChI=1S/C16H24ClN3O/c17-14-1-3-15(4-2-14)20-8-6-19(7-9-20)12-16(11-18)5-10-21-13-16/h1-4H,5-13,18H2. The molecule has 1 aromatic carbocycles.